The van der Waals surface area contributed by atoms with Crippen molar-refractivity contribution in [2.75, 3.05) is 6.61 Å². The summed E-state index contributed by atoms with van der Waals surface area (Å²) in [5, 5.41) is 0. The van der Waals surface area contributed by atoms with Crippen molar-refractivity contribution in [2.24, 2.45) is 0 Å². The van der Waals surface area contributed by atoms with Crippen LogP contribution in [-0.4, -0.2) is 18.2 Å². The lowest BCUT2D eigenvalue weighted by Crippen LogP contribution is -2.12. The van der Waals surface area contributed by atoms with E-state index < -0.39 is 0 Å². The molecule has 3 nitrogen and oxygen atoms in total. The Labute approximate surface area is 114 Å². The lowest BCUT2D eigenvalue weighted by molar-refractivity contribution is 0.0977. The van der Waals surface area contributed by atoms with Crippen LogP contribution in [0.3, 0.4) is 0 Å². The Morgan fingerprint density at radius 1 is 1.26 bits per heavy atom. The Kier molecular flexibility index (Phi) is 5.04. The van der Waals surface area contributed by atoms with E-state index in [1.165, 1.54) is 13.8 Å². The summed E-state index contributed by atoms with van der Waals surface area (Å²) >= 11 is 0. The van der Waals surface area contributed by atoms with E-state index in [1.54, 1.807) is 6.08 Å². The fraction of sp³-hybridized carbons (Fsp3) is 0.375. The number of benzene rings is 1. The Balaban J connectivity index is 3.60. The van der Waals surface area contributed by atoms with Crippen molar-refractivity contribution < 1.29 is 14.3 Å². The third-order valence-electron chi connectivity index (χ3n) is 3.10. The number of carbonyl (C=O) groups is 2. The first-order valence-electron chi connectivity index (χ1n) is 6.36. The highest BCUT2D eigenvalue weighted by Crippen LogP contribution is 2.30. The van der Waals surface area contributed by atoms with Crippen LogP contribution in [0.1, 0.15) is 52.6 Å². The van der Waals surface area contributed by atoms with Crippen molar-refractivity contribution in [2.45, 2.75) is 34.1 Å². The standard InChI is InChI=1S/C16H20O3/c1-6-8-19-14-9-13(7-2)10(3)15(11(4)17)16(14)12(5)18/h6,9H,1,7-8H2,2-5H3. The predicted octanol–water partition coefficient (Wildman–Crippen LogP) is 3.53. The average molecular weight is 260 g/mol. The first kappa shape index (κ1) is 15.2. The summed E-state index contributed by atoms with van der Waals surface area (Å²) in [4.78, 5) is 23.7. The summed E-state index contributed by atoms with van der Waals surface area (Å²) in [6, 6.07) is 1.85. The lowest BCUT2D eigenvalue weighted by atomic mass is 9.91. The van der Waals surface area contributed by atoms with Gasteiger partial charge in [0.1, 0.15) is 12.4 Å². The van der Waals surface area contributed by atoms with Gasteiger partial charge in [0, 0.05) is 5.56 Å². The molecule has 0 bridgehead atoms. The minimum absolute atomic E-state index is 0.110. The van der Waals surface area contributed by atoms with Crippen molar-refractivity contribution >= 4 is 11.6 Å². The van der Waals surface area contributed by atoms with Crippen molar-refractivity contribution in [3.05, 3.63) is 41.0 Å². The quantitative estimate of drug-likeness (QED) is 0.580. The Morgan fingerprint density at radius 3 is 2.26 bits per heavy atom. The van der Waals surface area contributed by atoms with Gasteiger partial charge in [-0.15, -0.1) is 0 Å². The molecule has 1 rings (SSSR count). The molecule has 0 saturated heterocycles. The van der Waals surface area contributed by atoms with Crippen molar-refractivity contribution in [1.29, 1.82) is 0 Å². The summed E-state index contributed by atoms with van der Waals surface area (Å²) in [5.41, 5.74) is 2.75. The maximum atomic E-state index is 11.9. The van der Waals surface area contributed by atoms with Gasteiger partial charge >= 0.3 is 0 Å². The molecule has 0 unspecified atom stereocenters. The van der Waals surface area contributed by atoms with Crippen LogP contribution in [0.5, 0.6) is 5.75 Å². The second-order valence-electron chi connectivity index (χ2n) is 4.47. The molecule has 0 aromatic heterocycles. The molecule has 0 aliphatic heterocycles. The van der Waals surface area contributed by atoms with E-state index in [0.29, 0.717) is 23.5 Å². The van der Waals surface area contributed by atoms with Gasteiger partial charge in [0.05, 0.1) is 5.56 Å². The van der Waals surface area contributed by atoms with Crippen LogP contribution < -0.4 is 4.74 Å². The second kappa shape index (κ2) is 6.32. The third-order valence-corrected chi connectivity index (χ3v) is 3.10. The molecule has 0 saturated carbocycles. The molecule has 102 valence electrons. The van der Waals surface area contributed by atoms with Crippen LogP contribution in [0.25, 0.3) is 0 Å². The van der Waals surface area contributed by atoms with Crippen molar-refractivity contribution in [3.8, 4) is 5.75 Å². The van der Waals surface area contributed by atoms with E-state index in [-0.39, 0.29) is 11.6 Å². The molecule has 1 aromatic carbocycles. The molecular formula is C16H20O3. The van der Waals surface area contributed by atoms with Crippen LogP contribution in [0.15, 0.2) is 18.7 Å². The predicted molar refractivity (Wildman–Crippen MR) is 76.3 cm³/mol. The zero-order valence-electron chi connectivity index (χ0n) is 12.0. The second-order valence-corrected chi connectivity index (χ2v) is 4.47. The van der Waals surface area contributed by atoms with Crippen LogP contribution in [-0.2, 0) is 6.42 Å². The average Bonchev–Trinajstić information content (AvgIpc) is 2.35. The summed E-state index contributed by atoms with van der Waals surface area (Å²) < 4.78 is 5.54. The third kappa shape index (κ3) is 3.11. The number of aryl methyl sites for hydroxylation is 1. The number of hydrogen-bond acceptors (Lipinski definition) is 3. The van der Waals surface area contributed by atoms with Crippen LogP contribution >= 0.6 is 0 Å². The van der Waals surface area contributed by atoms with Gasteiger partial charge in [-0.3, -0.25) is 9.59 Å². The van der Waals surface area contributed by atoms with E-state index in [4.69, 9.17) is 4.74 Å². The van der Waals surface area contributed by atoms with E-state index >= 15 is 0 Å². The number of ketones is 2. The highest BCUT2D eigenvalue weighted by molar-refractivity contribution is 6.10. The zero-order valence-corrected chi connectivity index (χ0v) is 12.0. The largest absolute Gasteiger partial charge is 0.489 e. The van der Waals surface area contributed by atoms with Gasteiger partial charge in [0.25, 0.3) is 0 Å². The van der Waals surface area contributed by atoms with E-state index in [1.807, 2.05) is 19.9 Å². The minimum Gasteiger partial charge on any atom is -0.489 e. The van der Waals surface area contributed by atoms with Crippen molar-refractivity contribution in [3.63, 3.8) is 0 Å². The van der Waals surface area contributed by atoms with Crippen LogP contribution in [0.4, 0.5) is 0 Å². The van der Waals surface area contributed by atoms with Gasteiger partial charge in [0.15, 0.2) is 11.6 Å². The molecule has 0 N–H and O–H groups in total. The number of Topliss-reactive ketones (excluding diaryl/α,β-unsaturated/α-hetero) is 2. The maximum Gasteiger partial charge on any atom is 0.164 e. The smallest absolute Gasteiger partial charge is 0.164 e. The summed E-state index contributed by atoms with van der Waals surface area (Å²) in [5.74, 6) is 0.205. The SMILES string of the molecule is C=CCOc1cc(CC)c(C)c(C(C)=O)c1C(C)=O. The van der Waals surface area contributed by atoms with Gasteiger partial charge in [-0.05, 0) is 44.4 Å². The molecule has 1 aromatic rings. The molecule has 0 radical (unpaired) electrons. The molecule has 0 spiro atoms. The molecule has 0 amide bonds. The number of ether oxygens (including phenoxy) is 1. The van der Waals surface area contributed by atoms with Gasteiger partial charge in [-0.2, -0.15) is 0 Å². The number of carbonyl (C=O) groups excluding carboxylic acids is 2. The van der Waals surface area contributed by atoms with Gasteiger partial charge < -0.3 is 4.74 Å². The molecule has 19 heavy (non-hydrogen) atoms. The number of rotatable bonds is 6. The molecular weight excluding hydrogens is 240 g/mol. The Hall–Kier alpha value is -1.90. The first-order valence-corrected chi connectivity index (χ1v) is 6.36. The topological polar surface area (TPSA) is 43.4 Å². The molecule has 0 fully saturated rings. The zero-order chi connectivity index (χ0) is 14.6. The lowest BCUT2D eigenvalue weighted by Gasteiger charge is -2.17. The first-order chi connectivity index (χ1) is 8.93. The van der Waals surface area contributed by atoms with E-state index in [0.717, 1.165) is 17.5 Å². The normalized spacial score (nSPS) is 10.1. The summed E-state index contributed by atoms with van der Waals surface area (Å²) in [6.07, 6.45) is 2.40. The van der Waals surface area contributed by atoms with E-state index in [2.05, 4.69) is 6.58 Å². The van der Waals surface area contributed by atoms with Gasteiger partial charge in [0.2, 0.25) is 0 Å². The summed E-state index contributed by atoms with van der Waals surface area (Å²) in [7, 11) is 0. The highest BCUT2D eigenvalue weighted by atomic mass is 16.5. The molecule has 0 atom stereocenters. The maximum absolute atomic E-state index is 11.9. The van der Waals surface area contributed by atoms with Crippen LogP contribution in [0.2, 0.25) is 0 Å². The van der Waals surface area contributed by atoms with Gasteiger partial charge in [-0.1, -0.05) is 19.6 Å². The Bertz CT molecular complexity index is 527. The van der Waals surface area contributed by atoms with E-state index in [9.17, 15) is 9.59 Å². The minimum atomic E-state index is -0.157. The van der Waals surface area contributed by atoms with Gasteiger partial charge in [-0.25, -0.2) is 0 Å². The summed E-state index contributed by atoms with van der Waals surface area (Å²) in [6.45, 7) is 10.7. The highest BCUT2D eigenvalue weighted by Gasteiger charge is 2.21. The molecule has 0 aliphatic rings. The fourth-order valence-corrected chi connectivity index (χ4v) is 2.23. The van der Waals surface area contributed by atoms with Crippen molar-refractivity contribution in [1.82, 2.24) is 0 Å². The Morgan fingerprint density at radius 2 is 1.84 bits per heavy atom. The monoisotopic (exact) mass is 260 g/mol. The fourth-order valence-electron chi connectivity index (χ4n) is 2.23. The number of hydrogen-bond donors (Lipinski definition) is 0. The molecule has 0 heterocycles. The van der Waals surface area contributed by atoms with Crippen LogP contribution in [0, 0.1) is 6.92 Å². The molecule has 3 heteroatoms. The molecule has 0 aliphatic carbocycles.